The summed E-state index contributed by atoms with van der Waals surface area (Å²) in [6, 6.07) is 24.4. The molecule has 33 heavy (non-hydrogen) atoms. The molecule has 3 atom stereocenters. The fourth-order valence-electron chi connectivity index (χ4n) is 5.18. The number of esters is 1. The first kappa shape index (κ1) is 21.4. The highest BCUT2D eigenvalue weighted by Crippen LogP contribution is 2.52. The van der Waals surface area contributed by atoms with E-state index in [-0.39, 0.29) is 5.91 Å². The molecule has 2 saturated heterocycles. The molecule has 0 radical (unpaired) electrons. The van der Waals surface area contributed by atoms with Crippen molar-refractivity contribution in [1.29, 1.82) is 0 Å². The van der Waals surface area contributed by atoms with Crippen molar-refractivity contribution in [2.45, 2.75) is 11.6 Å². The minimum atomic E-state index is -1.10. The summed E-state index contributed by atoms with van der Waals surface area (Å²) in [4.78, 5) is 41.7. The Morgan fingerprint density at radius 3 is 1.94 bits per heavy atom. The highest BCUT2D eigenvalue weighted by Gasteiger charge is 2.68. The van der Waals surface area contributed by atoms with E-state index in [4.69, 9.17) is 16.3 Å². The molecule has 7 heteroatoms. The number of nitrogens with zero attached hydrogens (tertiary/aromatic N) is 1. The van der Waals surface area contributed by atoms with Crippen molar-refractivity contribution in [2.24, 2.45) is 11.8 Å². The van der Waals surface area contributed by atoms with Crippen LogP contribution in [0.4, 0.5) is 5.69 Å². The van der Waals surface area contributed by atoms with Crippen LogP contribution in [0, 0.1) is 11.8 Å². The average molecular weight is 461 g/mol. The van der Waals surface area contributed by atoms with Gasteiger partial charge in [0.25, 0.3) is 0 Å². The van der Waals surface area contributed by atoms with E-state index in [2.05, 4.69) is 5.32 Å². The Morgan fingerprint density at radius 2 is 1.42 bits per heavy atom. The second-order valence-corrected chi connectivity index (χ2v) is 8.61. The third-order valence-electron chi connectivity index (χ3n) is 6.56. The zero-order chi connectivity index (χ0) is 23.2. The predicted molar refractivity (Wildman–Crippen MR) is 124 cm³/mol. The molecular formula is C26H21ClN2O4. The summed E-state index contributed by atoms with van der Waals surface area (Å²) in [5, 5.41) is 3.86. The molecule has 6 nitrogen and oxygen atoms in total. The Kier molecular flexibility index (Phi) is 5.27. The van der Waals surface area contributed by atoms with Gasteiger partial charge in [-0.05, 0) is 35.4 Å². The predicted octanol–water partition coefficient (Wildman–Crippen LogP) is 3.53. The molecule has 3 aromatic rings. The van der Waals surface area contributed by atoms with Gasteiger partial charge in [0.15, 0.2) is 0 Å². The zero-order valence-corrected chi connectivity index (χ0v) is 18.5. The highest BCUT2D eigenvalue weighted by atomic mass is 35.5. The molecule has 0 bridgehead atoms. The van der Waals surface area contributed by atoms with Crippen LogP contribution >= 0.6 is 11.6 Å². The minimum Gasteiger partial charge on any atom is -0.468 e. The molecule has 2 aliphatic rings. The molecule has 1 N–H and O–H groups in total. The third kappa shape index (κ3) is 3.17. The summed E-state index contributed by atoms with van der Waals surface area (Å²) in [7, 11) is 1.28. The van der Waals surface area contributed by atoms with E-state index in [1.54, 1.807) is 24.3 Å². The topological polar surface area (TPSA) is 75.7 Å². The lowest BCUT2D eigenvalue weighted by Crippen LogP contribution is -2.51. The average Bonchev–Trinajstić information content (AvgIpc) is 3.35. The lowest BCUT2D eigenvalue weighted by atomic mass is 9.72. The van der Waals surface area contributed by atoms with Gasteiger partial charge in [-0.15, -0.1) is 0 Å². The minimum absolute atomic E-state index is 0.376. The summed E-state index contributed by atoms with van der Waals surface area (Å²) < 4.78 is 5.05. The van der Waals surface area contributed by atoms with E-state index in [1.165, 1.54) is 12.0 Å². The normalized spacial score (nSPS) is 23.5. The van der Waals surface area contributed by atoms with E-state index in [0.717, 1.165) is 11.1 Å². The molecule has 2 fully saturated rings. The van der Waals surface area contributed by atoms with Crippen LogP contribution in [-0.2, 0) is 24.7 Å². The monoisotopic (exact) mass is 460 g/mol. The zero-order valence-electron chi connectivity index (χ0n) is 17.8. The first-order valence-electron chi connectivity index (χ1n) is 10.6. The Labute approximate surface area is 196 Å². The highest BCUT2D eigenvalue weighted by molar-refractivity contribution is 6.31. The van der Waals surface area contributed by atoms with Gasteiger partial charge in [0.1, 0.15) is 6.04 Å². The van der Waals surface area contributed by atoms with Crippen LogP contribution in [0.2, 0.25) is 5.02 Å². The molecule has 0 spiro atoms. The van der Waals surface area contributed by atoms with Crippen LogP contribution < -0.4 is 10.2 Å². The Bertz CT molecular complexity index is 1170. The summed E-state index contributed by atoms with van der Waals surface area (Å²) >= 11 is 6.02. The fraction of sp³-hybridized carbons (Fsp3) is 0.192. The Morgan fingerprint density at radius 1 is 0.879 bits per heavy atom. The first-order chi connectivity index (χ1) is 16.0. The number of rotatable bonds is 4. The summed E-state index contributed by atoms with van der Waals surface area (Å²) in [6.07, 6.45) is 0. The van der Waals surface area contributed by atoms with Gasteiger partial charge in [0.2, 0.25) is 11.8 Å². The number of methoxy groups -OCH3 is 1. The van der Waals surface area contributed by atoms with Crippen LogP contribution in [0.3, 0.4) is 0 Å². The second-order valence-electron chi connectivity index (χ2n) is 8.18. The number of ether oxygens (including phenoxy) is 1. The maximum absolute atomic E-state index is 14.0. The van der Waals surface area contributed by atoms with Gasteiger partial charge in [0.05, 0.1) is 30.2 Å². The Balaban J connectivity index is 1.74. The molecular weight excluding hydrogens is 440 g/mol. The van der Waals surface area contributed by atoms with Crippen LogP contribution in [0.25, 0.3) is 0 Å². The molecule has 2 heterocycles. The maximum Gasteiger partial charge on any atom is 0.323 e. The smallest absolute Gasteiger partial charge is 0.323 e. The third-order valence-corrected chi connectivity index (χ3v) is 6.81. The first-order valence-corrected chi connectivity index (χ1v) is 11.0. The van der Waals surface area contributed by atoms with Gasteiger partial charge in [-0.3, -0.25) is 19.7 Å². The number of carbonyl (C=O) groups is 3. The quantitative estimate of drug-likeness (QED) is 0.476. The van der Waals surface area contributed by atoms with E-state index in [1.807, 2.05) is 60.7 Å². The van der Waals surface area contributed by atoms with Crippen LogP contribution in [-0.4, -0.2) is 30.9 Å². The SMILES string of the molecule is COC(=O)[C@@H]1NC(c2ccccc2)(c2ccccc2)[C@H]2C(=O)N(c3ccc(Cl)cc3)C(=O)[C@H]12. The lowest BCUT2D eigenvalue weighted by Gasteiger charge is -2.36. The van der Waals surface area contributed by atoms with Gasteiger partial charge >= 0.3 is 5.97 Å². The van der Waals surface area contributed by atoms with Crippen molar-refractivity contribution < 1.29 is 19.1 Å². The van der Waals surface area contributed by atoms with Crippen molar-refractivity contribution in [1.82, 2.24) is 5.32 Å². The number of benzene rings is 3. The number of carbonyl (C=O) groups excluding carboxylic acids is 3. The number of nitrogens with one attached hydrogen (secondary N) is 1. The van der Waals surface area contributed by atoms with Gasteiger partial charge in [-0.2, -0.15) is 0 Å². The van der Waals surface area contributed by atoms with E-state index in [0.29, 0.717) is 10.7 Å². The molecule has 0 aromatic heterocycles. The number of anilines is 1. The van der Waals surface area contributed by atoms with Crippen LogP contribution in [0.5, 0.6) is 0 Å². The van der Waals surface area contributed by atoms with Gasteiger partial charge in [0, 0.05) is 5.02 Å². The summed E-state index contributed by atoms with van der Waals surface area (Å²) in [5.74, 6) is -3.18. The van der Waals surface area contributed by atoms with E-state index >= 15 is 0 Å². The second kappa shape index (κ2) is 8.14. The van der Waals surface area contributed by atoms with E-state index < -0.39 is 35.3 Å². The largest absolute Gasteiger partial charge is 0.468 e. The van der Waals surface area contributed by atoms with Crippen molar-refractivity contribution in [2.75, 3.05) is 12.0 Å². The van der Waals surface area contributed by atoms with Gasteiger partial charge < -0.3 is 4.74 Å². The van der Waals surface area contributed by atoms with Crippen LogP contribution in [0.1, 0.15) is 11.1 Å². The summed E-state index contributed by atoms with van der Waals surface area (Å²) in [6.45, 7) is 0. The van der Waals surface area contributed by atoms with E-state index in [9.17, 15) is 14.4 Å². The Hall–Kier alpha value is -3.48. The van der Waals surface area contributed by atoms with Crippen molar-refractivity contribution in [3.63, 3.8) is 0 Å². The standard InChI is InChI=1S/C26H21ClN2O4/c1-33-25(32)22-20-21(24(31)29(23(20)30)19-14-12-18(27)13-15-19)26(28-22,16-8-4-2-5-9-16)17-10-6-3-7-11-17/h2-15,20-22,28H,1H3/t20-,21+,22+/m0/s1. The van der Waals surface area contributed by atoms with Crippen molar-refractivity contribution in [3.05, 3.63) is 101 Å². The molecule has 0 aliphatic carbocycles. The van der Waals surface area contributed by atoms with Crippen molar-refractivity contribution >= 4 is 35.1 Å². The molecule has 0 saturated carbocycles. The number of halogens is 1. The number of amides is 2. The van der Waals surface area contributed by atoms with Crippen molar-refractivity contribution in [3.8, 4) is 0 Å². The van der Waals surface area contributed by atoms with Gasteiger partial charge in [-0.1, -0.05) is 72.3 Å². The fourth-order valence-corrected chi connectivity index (χ4v) is 5.31. The molecule has 0 unspecified atom stereocenters. The lowest BCUT2D eigenvalue weighted by molar-refractivity contribution is -0.145. The molecule has 2 amide bonds. The number of hydrogen-bond donors (Lipinski definition) is 1. The molecule has 5 rings (SSSR count). The molecule has 166 valence electrons. The summed E-state index contributed by atoms with van der Waals surface area (Å²) in [5.41, 5.74) is 0.899. The number of fused-ring (bicyclic) bond motifs is 1. The molecule has 3 aromatic carbocycles. The van der Waals surface area contributed by atoms with Gasteiger partial charge in [-0.25, -0.2) is 4.90 Å². The molecule has 2 aliphatic heterocycles. The van der Waals surface area contributed by atoms with Crippen LogP contribution in [0.15, 0.2) is 84.9 Å². The number of imide groups is 1. The maximum atomic E-state index is 14.0. The number of hydrogen-bond acceptors (Lipinski definition) is 5.